The molecule has 0 fully saturated rings. The Morgan fingerprint density at radius 1 is 1.46 bits per heavy atom. The topological polar surface area (TPSA) is 88.4 Å². The number of aliphatic imine (C=N–C) groups is 1. The molecule has 0 spiro atoms. The first kappa shape index (κ1) is 17.3. The first-order chi connectivity index (χ1) is 11.7. The number of aromatic amines is 1. The molecule has 1 aromatic heterocycles. The van der Waals surface area contributed by atoms with Gasteiger partial charge in [-0.3, -0.25) is 4.99 Å². The summed E-state index contributed by atoms with van der Waals surface area (Å²) in [5, 5.41) is 18.2. The molecule has 2 rings (SSSR count). The molecule has 1 N–H and O–H groups in total. The fourth-order valence-electron chi connectivity index (χ4n) is 1.83. The summed E-state index contributed by atoms with van der Waals surface area (Å²) in [5.74, 6) is 0.700. The van der Waals surface area contributed by atoms with Crippen LogP contribution in [0.25, 0.3) is 0 Å². The highest BCUT2D eigenvalue weighted by molar-refractivity contribution is 6.12. The van der Waals surface area contributed by atoms with E-state index in [1.807, 2.05) is 31.2 Å². The lowest BCUT2D eigenvalue weighted by molar-refractivity contribution is 0.185. The first-order valence-electron chi connectivity index (χ1n) is 7.55. The van der Waals surface area contributed by atoms with Crippen molar-refractivity contribution in [2.24, 2.45) is 16.1 Å². The van der Waals surface area contributed by atoms with Crippen LogP contribution in [0.5, 0.6) is 0 Å². The van der Waals surface area contributed by atoms with Crippen molar-refractivity contribution < 1.29 is 4.84 Å². The van der Waals surface area contributed by atoms with Crippen molar-refractivity contribution in [1.29, 1.82) is 0 Å². The maximum atomic E-state index is 5.42. The average Bonchev–Trinajstić information content (AvgIpc) is 3.03. The molecule has 1 unspecified atom stereocenters. The second-order valence-electron chi connectivity index (χ2n) is 4.98. The lowest BCUT2D eigenvalue weighted by Gasteiger charge is -2.04. The van der Waals surface area contributed by atoms with Crippen molar-refractivity contribution in [3.8, 4) is 0 Å². The van der Waals surface area contributed by atoms with Crippen LogP contribution >= 0.6 is 0 Å². The van der Waals surface area contributed by atoms with Crippen LogP contribution in [0.15, 0.2) is 71.0 Å². The van der Waals surface area contributed by atoms with Gasteiger partial charge in [0.2, 0.25) is 5.82 Å². The summed E-state index contributed by atoms with van der Waals surface area (Å²) in [6.45, 7) is 7.88. The van der Waals surface area contributed by atoms with Gasteiger partial charge in [-0.25, -0.2) is 0 Å². The normalized spacial score (nSPS) is 18.6. The maximum absolute atomic E-state index is 5.42. The zero-order valence-corrected chi connectivity index (χ0v) is 13.8. The summed E-state index contributed by atoms with van der Waals surface area (Å²) in [6.07, 6.45) is 15.1. The highest BCUT2D eigenvalue weighted by Gasteiger charge is 2.14. The molecule has 1 aliphatic carbocycles. The number of hydrogen-bond acceptors (Lipinski definition) is 6. The first-order valence-corrected chi connectivity index (χ1v) is 7.55. The van der Waals surface area contributed by atoms with Crippen molar-refractivity contribution in [1.82, 2.24) is 20.6 Å². The van der Waals surface area contributed by atoms with Gasteiger partial charge in [-0.2, -0.15) is 5.21 Å². The van der Waals surface area contributed by atoms with Crippen LogP contribution in [0, 0.1) is 5.92 Å². The molecule has 24 heavy (non-hydrogen) atoms. The number of nitrogens with zero attached hydrogens (tertiary/aromatic N) is 5. The van der Waals surface area contributed by atoms with E-state index in [4.69, 9.17) is 4.84 Å². The lowest BCUT2D eigenvalue weighted by Crippen LogP contribution is -2.10. The molecule has 7 heteroatoms. The van der Waals surface area contributed by atoms with Gasteiger partial charge < -0.3 is 4.84 Å². The fourth-order valence-corrected chi connectivity index (χ4v) is 1.83. The van der Waals surface area contributed by atoms with Gasteiger partial charge in [0.1, 0.15) is 0 Å². The number of hydrogen-bond donors (Lipinski definition) is 1. The Kier molecular flexibility index (Phi) is 6.58. The summed E-state index contributed by atoms with van der Waals surface area (Å²) in [7, 11) is 0. The number of H-pyrrole nitrogens is 1. The van der Waals surface area contributed by atoms with E-state index in [2.05, 4.69) is 56.4 Å². The van der Waals surface area contributed by atoms with E-state index in [9.17, 15) is 0 Å². The molecule has 0 saturated heterocycles. The minimum Gasteiger partial charge on any atom is -0.389 e. The summed E-state index contributed by atoms with van der Waals surface area (Å²) >= 11 is 0. The summed E-state index contributed by atoms with van der Waals surface area (Å²) < 4.78 is 0. The molecule has 124 valence electrons. The highest BCUT2D eigenvalue weighted by atomic mass is 16.6. The minimum atomic E-state index is 0.193. The minimum absolute atomic E-state index is 0.193. The van der Waals surface area contributed by atoms with Crippen LogP contribution in [0.2, 0.25) is 0 Å². The van der Waals surface area contributed by atoms with E-state index in [1.54, 1.807) is 12.3 Å². The summed E-state index contributed by atoms with van der Waals surface area (Å²) in [6, 6.07) is 0. The van der Waals surface area contributed by atoms with Gasteiger partial charge >= 0.3 is 0 Å². The zero-order valence-electron chi connectivity index (χ0n) is 13.8. The zero-order chi connectivity index (χ0) is 17.2. The number of rotatable bonds is 7. The maximum Gasteiger partial charge on any atom is 0.226 e. The molecule has 1 heterocycles. The van der Waals surface area contributed by atoms with Gasteiger partial charge in [-0.05, 0) is 24.1 Å². The molecule has 0 amide bonds. The molecule has 0 bridgehead atoms. The van der Waals surface area contributed by atoms with Crippen molar-refractivity contribution in [2.75, 3.05) is 6.61 Å². The Labute approximate surface area is 140 Å². The summed E-state index contributed by atoms with van der Waals surface area (Å²) in [4.78, 5) is 9.61. The fraction of sp³-hybridized carbons (Fsp3) is 0.235. The van der Waals surface area contributed by atoms with Crippen LogP contribution in [0.1, 0.15) is 19.7 Å². The molecule has 1 aromatic rings. The van der Waals surface area contributed by atoms with E-state index in [0.717, 1.165) is 5.57 Å². The molecule has 1 aliphatic rings. The van der Waals surface area contributed by atoms with Gasteiger partial charge in [0, 0.05) is 11.8 Å². The molecule has 0 aromatic carbocycles. The van der Waals surface area contributed by atoms with E-state index in [-0.39, 0.29) is 6.61 Å². The Morgan fingerprint density at radius 3 is 3.04 bits per heavy atom. The number of aromatic nitrogens is 4. The number of allylic oxidation sites excluding steroid dienone is 7. The van der Waals surface area contributed by atoms with Crippen LogP contribution in [0.4, 0.5) is 0 Å². The highest BCUT2D eigenvalue weighted by Crippen LogP contribution is 2.14. The van der Waals surface area contributed by atoms with Crippen LogP contribution in [0.3, 0.4) is 0 Å². The predicted octanol–water partition coefficient (Wildman–Crippen LogP) is 2.77. The van der Waals surface area contributed by atoms with Gasteiger partial charge in [0.15, 0.2) is 12.3 Å². The van der Waals surface area contributed by atoms with Gasteiger partial charge in [-0.1, -0.05) is 55.1 Å². The third kappa shape index (κ3) is 4.98. The number of oxime groups is 1. The van der Waals surface area contributed by atoms with Crippen molar-refractivity contribution in [3.05, 3.63) is 66.7 Å². The molecule has 7 nitrogen and oxygen atoms in total. The quantitative estimate of drug-likeness (QED) is 0.617. The van der Waals surface area contributed by atoms with Gasteiger partial charge in [-0.15, -0.1) is 10.2 Å². The Morgan fingerprint density at radius 2 is 2.33 bits per heavy atom. The standard InChI is InChI=1S/C17H20N6O/c1-4-11-18-15(5-2)12-24-21-16(17-19-22-23-20-17)14-8-6-7-13(3)9-10-14/h4-11,13H,2,12H2,1,3H3,(H,19,20,22,23)/b11-4-,18-15?,21-16?. The van der Waals surface area contributed by atoms with Crippen LogP contribution in [-0.2, 0) is 4.84 Å². The van der Waals surface area contributed by atoms with Gasteiger partial charge in [0.05, 0.1) is 5.71 Å². The molecular formula is C17H20N6O. The summed E-state index contributed by atoms with van der Waals surface area (Å²) in [5.41, 5.74) is 2.00. The Bertz CT molecular complexity index is 722. The average molecular weight is 324 g/mol. The molecule has 1 atom stereocenters. The van der Waals surface area contributed by atoms with Crippen molar-refractivity contribution in [2.45, 2.75) is 13.8 Å². The number of tetrazole rings is 1. The molecule has 0 radical (unpaired) electrons. The van der Waals surface area contributed by atoms with E-state index < -0.39 is 0 Å². The third-order valence-corrected chi connectivity index (χ3v) is 3.09. The van der Waals surface area contributed by atoms with E-state index in [0.29, 0.717) is 23.2 Å². The van der Waals surface area contributed by atoms with Gasteiger partial charge in [0.25, 0.3) is 0 Å². The lowest BCUT2D eigenvalue weighted by atomic mass is 10.1. The molecular weight excluding hydrogens is 304 g/mol. The molecule has 0 saturated carbocycles. The van der Waals surface area contributed by atoms with Crippen LogP contribution < -0.4 is 0 Å². The third-order valence-electron chi connectivity index (χ3n) is 3.09. The molecule has 0 aliphatic heterocycles. The Hall–Kier alpha value is -3.09. The van der Waals surface area contributed by atoms with E-state index in [1.165, 1.54) is 0 Å². The van der Waals surface area contributed by atoms with Crippen molar-refractivity contribution >= 4 is 11.4 Å². The number of nitrogens with one attached hydrogen (secondary N) is 1. The van der Waals surface area contributed by atoms with Crippen LogP contribution in [-0.4, -0.2) is 38.7 Å². The largest absolute Gasteiger partial charge is 0.389 e. The second kappa shape index (κ2) is 9.14. The predicted molar refractivity (Wildman–Crippen MR) is 94.6 cm³/mol. The Balaban J connectivity index is 2.21. The van der Waals surface area contributed by atoms with E-state index >= 15 is 0 Å². The smallest absolute Gasteiger partial charge is 0.226 e. The SMILES string of the molecule is C=CC(CON=C(C1=CC=CC(C)C=C1)c1nn[nH]n1)=N/C=C\C. The van der Waals surface area contributed by atoms with Crippen molar-refractivity contribution in [3.63, 3.8) is 0 Å². The monoisotopic (exact) mass is 324 g/mol. The second-order valence-corrected chi connectivity index (χ2v) is 4.98.